The van der Waals surface area contributed by atoms with Crippen molar-refractivity contribution in [2.24, 2.45) is 5.41 Å². The van der Waals surface area contributed by atoms with Gasteiger partial charge in [0.25, 0.3) is 0 Å². The molecule has 0 bridgehead atoms. The van der Waals surface area contributed by atoms with Crippen molar-refractivity contribution >= 4 is 13.1 Å². The predicted octanol–water partition coefficient (Wildman–Crippen LogP) is 4.59. The van der Waals surface area contributed by atoms with Crippen LogP contribution in [0.2, 0.25) is 0 Å². The van der Waals surface area contributed by atoms with Crippen LogP contribution in [0, 0.1) is 5.41 Å². The molecule has 0 saturated carbocycles. The summed E-state index contributed by atoms with van der Waals surface area (Å²) >= 11 is 0. The fourth-order valence-corrected chi connectivity index (χ4v) is 1.90. The van der Waals surface area contributed by atoms with Gasteiger partial charge in [-0.25, -0.2) is 0 Å². The maximum atomic E-state index is 12.0. The highest BCUT2D eigenvalue weighted by Crippen LogP contribution is 2.21. The zero-order valence-electron chi connectivity index (χ0n) is 14.6. The summed E-state index contributed by atoms with van der Waals surface area (Å²) in [6.07, 6.45) is 2.81. The molecule has 3 nitrogen and oxygen atoms in total. The van der Waals surface area contributed by atoms with Gasteiger partial charge in [-0.3, -0.25) is 4.79 Å². The summed E-state index contributed by atoms with van der Waals surface area (Å²) < 4.78 is 11.3. The third-order valence-electron chi connectivity index (χ3n) is 3.02. The Balaban J connectivity index is 4.22. The minimum absolute atomic E-state index is 0.236. The second kappa shape index (κ2) is 7.49. The Morgan fingerprint density at radius 1 is 1.00 bits per heavy atom. The van der Waals surface area contributed by atoms with Crippen LogP contribution in [0.1, 0.15) is 74.7 Å². The van der Waals surface area contributed by atoms with Crippen LogP contribution in [0.25, 0.3) is 0 Å². The summed E-state index contributed by atoms with van der Waals surface area (Å²) in [6, 6.07) is 0. The van der Waals surface area contributed by atoms with Gasteiger partial charge >= 0.3 is 7.28 Å². The number of carbonyl (C=O) groups is 1. The summed E-state index contributed by atoms with van der Waals surface area (Å²) in [5, 5.41) is 0. The van der Waals surface area contributed by atoms with E-state index in [1.807, 2.05) is 27.7 Å². The second-order valence-electron chi connectivity index (χ2n) is 7.84. The molecule has 0 aliphatic heterocycles. The number of carbonyl (C=O) groups excluding carboxylic acids is 1. The van der Waals surface area contributed by atoms with Gasteiger partial charge in [0.05, 0.1) is 0 Å². The van der Waals surface area contributed by atoms with Crippen molar-refractivity contribution < 1.29 is 14.3 Å². The van der Waals surface area contributed by atoms with E-state index in [4.69, 9.17) is 9.47 Å². The maximum Gasteiger partial charge on any atom is 0.300 e. The normalized spacial score (nSPS) is 13.2. The van der Waals surface area contributed by atoms with Crippen molar-refractivity contribution in [1.29, 1.82) is 0 Å². The Bertz CT molecular complexity index is 303. The maximum absolute atomic E-state index is 12.0. The van der Waals surface area contributed by atoms with Gasteiger partial charge in [-0.1, -0.05) is 34.1 Å². The lowest BCUT2D eigenvalue weighted by Gasteiger charge is -2.29. The molecule has 0 fully saturated rings. The van der Waals surface area contributed by atoms with E-state index < -0.39 is 11.1 Å². The van der Waals surface area contributed by atoms with Crippen LogP contribution in [0.3, 0.4) is 0 Å². The van der Waals surface area contributed by atoms with Gasteiger partial charge in [0.15, 0.2) is 0 Å². The van der Waals surface area contributed by atoms with Crippen molar-refractivity contribution in [2.45, 2.75) is 85.8 Å². The Morgan fingerprint density at radius 3 is 2.00 bits per heavy atom. The third-order valence-corrected chi connectivity index (χ3v) is 3.02. The molecule has 0 N–H and O–H groups in total. The van der Waals surface area contributed by atoms with E-state index >= 15 is 0 Å². The Labute approximate surface area is 126 Å². The SMILES string of the molecule is CCCC(C)(C)OC(=O)[B]C(C)(C)OCCC(C)(C)C. The van der Waals surface area contributed by atoms with Crippen LogP contribution in [0.15, 0.2) is 0 Å². The summed E-state index contributed by atoms with van der Waals surface area (Å²) in [4.78, 5) is 12.0. The lowest BCUT2D eigenvalue weighted by atomic mass is 9.62. The highest BCUT2D eigenvalue weighted by atomic mass is 16.6. The van der Waals surface area contributed by atoms with E-state index in [2.05, 4.69) is 27.7 Å². The predicted molar refractivity (Wildman–Crippen MR) is 85.3 cm³/mol. The van der Waals surface area contributed by atoms with Crippen molar-refractivity contribution in [1.82, 2.24) is 0 Å². The number of rotatable bonds is 8. The van der Waals surface area contributed by atoms with Crippen LogP contribution < -0.4 is 0 Å². The van der Waals surface area contributed by atoms with Crippen LogP contribution in [-0.4, -0.2) is 30.9 Å². The minimum Gasteiger partial charge on any atom is -0.468 e. The molecule has 0 aromatic carbocycles. The second-order valence-corrected chi connectivity index (χ2v) is 7.84. The summed E-state index contributed by atoms with van der Waals surface area (Å²) in [5.74, 6) is -0.302. The molecule has 0 atom stereocenters. The average Bonchev–Trinajstić information content (AvgIpc) is 2.11. The smallest absolute Gasteiger partial charge is 0.300 e. The molecule has 20 heavy (non-hydrogen) atoms. The lowest BCUT2D eigenvalue weighted by Crippen LogP contribution is -2.41. The van der Waals surface area contributed by atoms with E-state index in [1.54, 1.807) is 0 Å². The number of ether oxygens (including phenoxy) is 2. The average molecular weight is 283 g/mol. The molecular formula is C16H32BO3. The molecule has 1 radical (unpaired) electrons. The Hall–Kier alpha value is -0.505. The van der Waals surface area contributed by atoms with Crippen molar-refractivity contribution in [3.8, 4) is 0 Å². The molecule has 0 aliphatic carbocycles. The first-order valence-electron chi connectivity index (χ1n) is 7.60. The van der Waals surface area contributed by atoms with Gasteiger partial charge in [0.1, 0.15) is 5.60 Å². The van der Waals surface area contributed by atoms with E-state index in [1.165, 1.54) is 7.28 Å². The zero-order valence-corrected chi connectivity index (χ0v) is 14.6. The van der Waals surface area contributed by atoms with Gasteiger partial charge in [0.2, 0.25) is 5.87 Å². The van der Waals surface area contributed by atoms with Gasteiger partial charge in [-0.05, 0) is 46.0 Å². The fourth-order valence-electron chi connectivity index (χ4n) is 1.90. The van der Waals surface area contributed by atoms with Gasteiger partial charge in [-0.15, -0.1) is 0 Å². The summed E-state index contributed by atoms with van der Waals surface area (Å²) in [5.41, 5.74) is -0.770. The van der Waals surface area contributed by atoms with Crippen LogP contribution in [0.5, 0.6) is 0 Å². The van der Waals surface area contributed by atoms with E-state index in [0.29, 0.717) is 6.61 Å². The Morgan fingerprint density at radius 2 is 1.55 bits per heavy atom. The molecule has 0 saturated heterocycles. The van der Waals surface area contributed by atoms with Gasteiger partial charge < -0.3 is 9.47 Å². The number of hydrogen-bond acceptors (Lipinski definition) is 3. The summed E-state index contributed by atoms with van der Waals surface area (Å²) in [7, 11) is 1.53. The summed E-state index contributed by atoms with van der Waals surface area (Å²) in [6.45, 7) is 16.9. The quantitative estimate of drug-likeness (QED) is 0.611. The highest BCUT2D eigenvalue weighted by molar-refractivity contribution is 6.74. The third kappa shape index (κ3) is 10.3. The van der Waals surface area contributed by atoms with Crippen molar-refractivity contribution in [2.75, 3.05) is 6.61 Å². The molecule has 0 aromatic heterocycles. The molecule has 117 valence electrons. The molecule has 0 aliphatic rings. The molecule has 0 rings (SSSR count). The van der Waals surface area contributed by atoms with Gasteiger partial charge in [0, 0.05) is 12.1 Å². The molecule has 4 heteroatoms. The van der Waals surface area contributed by atoms with Crippen molar-refractivity contribution in [3.05, 3.63) is 0 Å². The minimum atomic E-state index is -0.593. The van der Waals surface area contributed by atoms with Crippen LogP contribution in [0.4, 0.5) is 4.79 Å². The Kier molecular flexibility index (Phi) is 7.30. The first-order chi connectivity index (χ1) is 8.87. The van der Waals surface area contributed by atoms with E-state index in [9.17, 15) is 4.79 Å². The largest absolute Gasteiger partial charge is 0.468 e. The van der Waals surface area contributed by atoms with Crippen molar-refractivity contribution in [3.63, 3.8) is 0 Å². The van der Waals surface area contributed by atoms with E-state index in [-0.39, 0.29) is 11.3 Å². The molecule has 0 amide bonds. The van der Waals surface area contributed by atoms with Crippen LogP contribution >= 0.6 is 0 Å². The van der Waals surface area contributed by atoms with E-state index in [0.717, 1.165) is 19.3 Å². The molecule has 0 spiro atoms. The standard InChI is InChI=1S/C16H32BO3/c1-9-10-15(5,6)20-13(18)17-16(7,8)19-12-11-14(2,3)4/h9-12H2,1-8H3. The molecule has 0 aromatic rings. The zero-order chi connectivity index (χ0) is 16.0. The lowest BCUT2D eigenvalue weighted by molar-refractivity contribution is 0.0222. The topological polar surface area (TPSA) is 35.5 Å². The first kappa shape index (κ1) is 19.5. The molecule has 0 unspecified atom stereocenters. The monoisotopic (exact) mass is 283 g/mol. The number of hydrogen-bond donors (Lipinski definition) is 0. The molecule has 0 heterocycles. The molecular weight excluding hydrogens is 251 g/mol. The first-order valence-corrected chi connectivity index (χ1v) is 7.60. The fraction of sp³-hybridized carbons (Fsp3) is 0.938. The van der Waals surface area contributed by atoms with Gasteiger partial charge in [-0.2, -0.15) is 0 Å². The van der Waals surface area contributed by atoms with Crippen LogP contribution in [-0.2, 0) is 9.47 Å². The highest BCUT2D eigenvalue weighted by Gasteiger charge is 2.30.